The molecule has 2 N–H and O–H groups in total. The Kier molecular flexibility index (Phi) is 2.08. The molecule has 0 fully saturated rings. The van der Waals surface area contributed by atoms with Gasteiger partial charge in [-0.3, -0.25) is 4.57 Å². The van der Waals surface area contributed by atoms with Gasteiger partial charge in [0.15, 0.2) is 11.5 Å². The monoisotopic (exact) mass is 229 g/mol. The first-order valence-corrected chi connectivity index (χ1v) is 5.28. The summed E-state index contributed by atoms with van der Waals surface area (Å²) in [4.78, 5) is 4.25. The average Bonchev–Trinajstić information content (AvgIpc) is 2.63. The molecule has 1 aromatic heterocycles. The molecule has 1 aliphatic heterocycles. The lowest BCUT2D eigenvalue weighted by Gasteiger charge is -2.18. The molecule has 3 rings (SSSR count). The molecule has 2 heterocycles. The van der Waals surface area contributed by atoms with E-state index in [2.05, 4.69) is 10.9 Å². The van der Waals surface area contributed by atoms with E-state index in [0.717, 1.165) is 11.0 Å². The molecule has 1 aliphatic rings. The van der Waals surface area contributed by atoms with Crippen molar-refractivity contribution in [2.45, 2.75) is 6.54 Å². The summed E-state index contributed by atoms with van der Waals surface area (Å²) < 4.78 is 12.8. The first kappa shape index (κ1) is 9.85. The first-order valence-electron chi connectivity index (χ1n) is 5.28. The fourth-order valence-corrected chi connectivity index (χ4v) is 1.94. The highest BCUT2D eigenvalue weighted by Crippen LogP contribution is 2.34. The van der Waals surface area contributed by atoms with Crippen LogP contribution in [0.2, 0.25) is 0 Å². The summed E-state index contributed by atoms with van der Waals surface area (Å²) in [5.41, 5.74) is 7.44. The summed E-state index contributed by atoms with van der Waals surface area (Å²) in [5.74, 6) is 4.37. The van der Waals surface area contributed by atoms with Gasteiger partial charge in [-0.2, -0.15) is 0 Å². The number of benzene rings is 1. The molecule has 2 aromatic rings. The molecule has 86 valence electrons. The van der Waals surface area contributed by atoms with Gasteiger partial charge in [0.25, 0.3) is 0 Å². The van der Waals surface area contributed by atoms with Crippen LogP contribution >= 0.6 is 0 Å². The third kappa shape index (κ3) is 1.46. The Morgan fingerprint density at radius 2 is 2.06 bits per heavy atom. The molecule has 0 amide bonds. The molecular formula is C12H11N3O2. The Labute approximate surface area is 98.1 Å². The van der Waals surface area contributed by atoms with Gasteiger partial charge in [-0.1, -0.05) is 5.92 Å². The Bertz CT molecular complexity index is 625. The van der Waals surface area contributed by atoms with E-state index in [0.29, 0.717) is 37.2 Å². The summed E-state index contributed by atoms with van der Waals surface area (Å²) >= 11 is 0. The van der Waals surface area contributed by atoms with Crippen molar-refractivity contribution in [3.63, 3.8) is 0 Å². The molecule has 0 saturated heterocycles. The lowest BCUT2D eigenvalue weighted by atomic mass is 10.2. The van der Waals surface area contributed by atoms with Gasteiger partial charge in [-0.15, -0.1) is 6.42 Å². The van der Waals surface area contributed by atoms with Crippen LogP contribution in [-0.4, -0.2) is 22.8 Å². The standard InChI is InChI=1S/C12H11N3O2/c1-2-3-15-9-7-11-10(16-4-5-17-11)6-8(9)14-12(15)13/h1,6-7H,3-5H2,(H2,13,14). The molecular weight excluding hydrogens is 218 g/mol. The number of nitrogens with two attached hydrogens (primary N) is 1. The van der Waals surface area contributed by atoms with Crippen molar-refractivity contribution >= 4 is 17.0 Å². The van der Waals surface area contributed by atoms with Crippen molar-refractivity contribution in [2.24, 2.45) is 0 Å². The van der Waals surface area contributed by atoms with Crippen LogP contribution in [-0.2, 0) is 6.54 Å². The van der Waals surface area contributed by atoms with E-state index in [9.17, 15) is 0 Å². The lowest BCUT2D eigenvalue weighted by Crippen LogP contribution is -2.15. The molecule has 0 atom stereocenters. The van der Waals surface area contributed by atoms with Gasteiger partial charge < -0.3 is 15.2 Å². The number of ether oxygens (including phenoxy) is 2. The summed E-state index contributed by atoms with van der Waals surface area (Å²) in [7, 11) is 0. The summed E-state index contributed by atoms with van der Waals surface area (Å²) in [6.07, 6.45) is 5.31. The number of fused-ring (bicyclic) bond motifs is 2. The highest BCUT2D eigenvalue weighted by atomic mass is 16.6. The van der Waals surface area contributed by atoms with Crippen LogP contribution in [0.25, 0.3) is 11.0 Å². The Morgan fingerprint density at radius 3 is 2.76 bits per heavy atom. The van der Waals surface area contributed by atoms with Gasteiger partial charge in [0, 0.05) is 12.1 Å². The fraction of sp³-hybridized carbons (Fsp3) is 0.250. The number of nitrogens with zero attached hydrogens (tertiary/aromatic N) is 2. The molecule has 0 spiro atoms. The van der Waals surface area contributed by atoms with Crippen LogP contribution in [0.4, 0.5) is 5.95 Å². The molecule has 0 saturated carbocycles. The van der Waals surface area contributed by atoms with E-state index in [1.54, 1.807) is 4.57 Å². The number of nitrogen functional groups attached to an aromatic ring is 1. The van der Waals surface area contributed by atoms with Crippen molar-refractivity contribution in [3.05, 3.63) is 12.1 Å². The molecule has 5 nitrogen and oxygen atoms in total. The van der Waals surface area contributed by atoms with Gasteiger partial charge in [0.2, 0.25) is 5.95 Å². The van der Waals surface area contributed by atoms with Gasteiger partial charge in [0.05, 0.1) is 17.6 Å². The number of rotatable bonds is 1. The number of hydrogen-bond acceptors (Lipinski definition) is 4. The van der Waals surface area contributed by atoms with Crippen LogP contribution in [0.1, 0.15) is 0 Å². The predicted molar refractivity (Wildman–Crippen MR) is 64.0 cm³/mol. The fourth-order valence-electron chi connectivity index (χ4n) is 1.94. The van der Waals surface area contributed by atoms with Gasteiger partial charge >= 0.3 is 0 Å². The second-order valence-corrected chi connectivity index (χ2v) is 3.74. The minimum absolute atomic E-state index is 0.391. The summed E-state index contributed by atoms with van der Waals surface area (Å²) in [5, 5.41) is 0. The van der Waals surface area contributed by atoms with E-state index >= 15 is 0 Å². The van der Waals surface area contributed by atoms with Crippen molar-refractivity contribution in [1.29, 1.82) is 0 Å². The zero-order valence-electron chi connectivity index (χ0n) is 9.14. The van der Waals surface area contributed by atoms with Crippen LogP contribution in [0.15, 0.2) is 12.1 Å². The van der Waals surface area contributed by atoms with Crippen LogP contribution in [0, 0.1) is 12.3 Å². The third-order valence-corrected chi connectivity index (χ3v) is 2.69. The molecule has 17 heavy (non-hydrogen) atoms. The Balaban J connectivity index is 2.24. The predicted octanol–water partition coefficient (Wildman–Crippen LogP) is 1.02. The van der Waals surface area contributed by atoms with Crippen LogP contribution < -0.4 is 15.2 Å². The maximum Gasteiger partial charge on any atom is 0.202 e. The maximum atomic E-state index is 5.81. The maximum absolute atomic E-state index is 5.81. The number of imidazole rings is 1. The average molecular weight is 229 g/mol. The Hall–Kier alpha value is -2.35. The van der Waals surface area contributed by atoms with Crippen molar-refractivity contribution in [2.75, 3.05) is 18.9 Å². The zero-order valence-corrected chi connectivity index (χ0v) is 9.14. The second kappa shape index (κ2) is 3.59. The topological polar surface area (TPSA) is 62.3 Å². The smallest absolute Gasteiger partial charge is 0.202 e. The van der Waals surface area contributed by atoms with Gasteiger partial charge in [-0.25, -0.2) is 4.98 Å². The SMILES string of the molecule is C#CCn1c(N)nc2cc3c(cc21)OCCO3. The summed E-state index contributed by atoms with van der Waals surface area (Å²) in [6, 6.07) is 3.69. The third-order valence-electron chi connectivity index (χ3n) is 2.69. The number of hydrogen-bond donors (Lipinski definition) is 1. The Morgan fingerprint density at radius 1 is 1.35 bits per heavy atom. The number of aromatic nitrogens is 2. The van der Waals surface area contributed by atoms with E-state index < -0.39 is 0 Å². The van der Waals surface area contributed by atoms with E-state index in [-0.39, 0.29) is 0 Å². The molecule has 5 heteroatoms. The van der Waals surface area contributed by atoms with Gasteiger partial charge in [-0.05, 0) is 0 Å². The molecule has 0 bridgehead atoms. The molecule has 0 unspecified atom stereocenters. The molecule has 0 aliphatic carbocycles. The summed E-state index contributed by atoms with van der Waals surface area (Å²) in [6.45, 7) is 1.50. The van der Waals surface area contributed by atoms with Crippen molar-refractivity contribution < 1.29 is 9.47 Å². The lowest BCUT2D eigenvalue weighted by molar-refractivity contribution is 0.172. The quantitative estimate of drug-likeness (QED) is 0.742. The van der Waals surface area contributed by atoms with Crippen LogP contribution in [0.5, 0.6) is 11.5 Å². The number of terminal acetylenes is 1. The molecule has 1 aromatic carbocycles. The molecule has 0 radical (unpaired) electrons. The normalized spacial score (nSPS) is 13.6. The minimum atomic E-state index is 0.391. The highest BCUT2D eigenvalue weighted by molar-refractivity contribution is 5.82. The van der Waals surface area contributed by atoms with Gasteiger partial charge in [0.1, 0.15) is 13.2 Å². The van der Waals surface area contributed by atoms with Crippen LogP contribution in [0.3, 0.4) is 0 Å². The largest absolute Gasteiger partial charge is 0.486 e. The zero-order chi connectivity index (χ0) is 11.8. The van der Waals surface area contributed by atoms with E-state index in [4.69, 9.17) is 21.6 Å². The minimum Gasteiger partial charge on any atom is -0.486 e. The van der Waals surface area contributed by atoms with E-state index in [1.807, 2.05) is 12.1 Å². The highest BCUT2D eigenvalue weighted by Gasteiger charge is 2.16. The van der Waals surface area contributed by atoms with E-state index in [1.165, 1.54) is 0 Å². The second-order valence-electron chi connectivity index (χ2n) is 3.74. The van der Waals surface area contributed by atoms with Crippen molar-refractivity contribution in [1.82, 2.24) is 9.55 Å². The number of anilines is 1. The first-order chi connectivity index (χ1) is 8.29. The van der Waals surface area contributed by atoms with Crippen molar-refractivity contribution in [3.8, 4) is 23.8 Å².